The first-order chi connectivity index (χ1) is 8.85. The van der Waals surface area contributed by atoms with E-state index in [-0.39, 0.29) is 0 Å². The van der Waals surface area contributed by atoms with Crippen molar-refractivity contribution in [1.82, 2.24) is 30.1 Å². The maximum Gasteiger partial charge on any atom is 0.248 e. The Morgan fingerprint density at radius 3 is 3.11 bits per heavy atom. The molecule has 0 fully saturated rings. The van der Waals surface area contributed by atoms with Gasteiger partial charge in [-0.1, -0.05) is 10.4 Å². The molecule has 0 aliphatic rings. The Morgan fingerprint density at radius 1 is 1.44 bits per heavy atom. The quantitative estimate of drug-likeness (QED) is 0.720. The third kappa shape index (κ3) is 2.13. The van der Waals surface area contributed by atoms with E-state index in [1.165, 1.54) is 11.3 Å². The molecule has 3 aromatic rings. The van der Waals surface area contributed by atoms with Gasteiger partial charge in [-0.3, -0.25) is 4.98 Å². The van der Waals surface area contributed by atoms with E-state index in [4.69, 9.17) is 10.3 Å². The van der Waals surface area contributed by atoms with Gasteiger partial charge in [-0.2, -0.15) is 4.98 Å². The molecular weight excluding hydrogens is 254 g/mol. The van der Waals surface area contributed by atoms with Crippen molar-refractivity contribution >= 4 is 11.3 Å². The molecule has 0 saturated carbocycles. The summed E-state index contributed by atoms with van der Waals surface area (Å²) in [5.74, 6) is 0.999. The van der Waals surface area contributed by atoms with Crippen LogP contribution in [0, 0.1) is 0 Å². The molecule has 0 spiro atoms. The van der Waals surface area contributed by atoms with Crippen molar-refractivity contribution in [3.05, 3.63) is 29.5 Å². The highest BCUT2D eigenvalue weighted by atomic mass is 32.1. The molecule has 18 heavy (non-hydrogen) atoms. The molecule has 3 heterocycles. The zero-order valence-electron chi connectivity index (χ0n) is 9.22. The molecule has 0 aliphatic heterocycles. The van der Waals surface area contributed by atoms with Crippen molar-refractivity contribution < 1.29 is 4.52 Å². The summed E-state index contributed by atoms with van der Waals surface area (Å²) in [6.45, 7) is 0.731. The summed E-state index contributed by atoms with van der Waals surface area (Å²) in [6, 6.07) is 0. The molecule has 3 aromatic heterocycles. The summed E-state index contributed by atoms with van der Waals surface area (Å²) in [6.07, 6.45) is 3.44. The predicted octanol–water partition coefficient (Wildman–Crippen LogP) is 0.292. The lowest BCUT2D eigenvalue weighted by Gasteiger charge is -1.91. The van der Waals surface area contributed by atoms with E-state index in [1.807, 2.05) is 0 Å². The second-order valence-electron chi connectivity index (χ2n) is 3.49. The highest BCUT2D eigenvalue weighted by Gasteiger charge is 2.11. The van der Waals surface area contributed by atoms with Crippen LogP contribution in [0.5, 0.6) is 0 Å². The Hall–Kier alpha value is -2.13. The molecule has 92 valence electrons. The lowest BCUT2D eigenvalue weighted by Crippen LogP contribution is -2.00. The first-order valence-electron chi connectivity index (χ1n) is 5.15. The van der Waals surface area contributed by atoms with Crippen molar-refractivity contribution in [2.45, 2.75) is 13.1 Å². The van der Waals surface area contributed by atoms with Gasteiger partial charge in [0.25, 0.3) is 0 Å². The molecule has 0 aliphatic carbocycles. The summed E-state index contributed by atoms with van der Waals surface area (Å²) in [5.41, 5.74) is 7.89. The van der Waals surface area contributed by atoms with Crippen LogP contribution < -0.4 is 5.73 Å². The smallest absolute Gasteiger partial charge is 0.248 e. The van der Waals surface area contributed by atoms with E-state index in [0.29, 0.717) is 24.8 Å². The molecule has 9 heteroatoms. The monoisotopic (exact) mass is 263 g/mol. The normalized spacial score (nSPS) is 10.9. The Kier molecular flexibility index (Phi) is 2.82. The molecule has 8 nitrogen and oxygen atoms in total. The average molecular weight is 263 g/mol. The van der Waals surface area contributed by atoms with Gasteiger partial charge in [0.15, 0.2) is 0 Å². The Bertz CT molecular complexity index is 629. The Morgan fingerprint density at radius 2 is 2.39 bits per heavy atom. The Balaban J connectivity index is 1.77. The van der Waals surface area contributed by atoms with E-state index < -0.39 is 0 Å². The number of hydrogen-bond acceptors (Lipinski definition) is 8. The van der Waals surface area contributed by atoms with Gasteiger partial charge in [-0.05, 0) is 0 Å². The second-order valence-corrected chi connectivity index (χ2v) is 4.38. The number of aromatic nitrogens is 6. The van der Waals surface area contributed by atoms with E-state index in [2.05, 4.69) is 25.4 Å². The maximum atomic E-state index is 5.45. The second kappa shape index (κ2) is 4.63. The van der Waals surface area contributed by atoms with Gasteiger partial charge in [0.2, 0.25) is 11.7 Å². The zero-order chi connectivity index (χ0) is 12.4. The molecule has 0 bridgehead atoms. The highest BCUT2D eigenvalue weighted by Crippen LogP contribution is 2.19. The lowest BCUT2D eigenvalue weighted by molar-refractivity contribution is 0.364. The minimum absolute atomic E-state index is 0.357. The number of nitrogens with zero attached hydrogens (tertiary/aromatic N) is 6. The van der Waals surface area contributed by atoms with Gasteiger partial charge in [-0.15, -0.1) is 16.4 Å². The molecule has 0 amide bonds. The summed E-state index contributed by atoms with van der Waals surface area (Å²) < 4.78 is 6.74. The van der Waals surface area contributed by atoms with Gasteiger partial charge < -0.3 is 10.3 Å². The van der Waals surface area contributed by atoms with Crippen molar-refractivity contribution in [3.8, 4) is 10.7 Å². The van der Waals surface area contributed by atoms with Crippen molar-refractivity contribution in [1.29, 1.82) is 0 Å². The first kappa shape index (κ1) is 11.0. The summed E-state index contributed by atoms with van der Waals surface area (Å²) in [5, 5.41) is 11.7. The fourth-order valence-corrected chi connectivity index (χ4v) is 1.94. The first-order valence-corrected chi connectivity index (χ1v) is 6.03. The molecule has 0 radical (unpaired) electrons. The summed E-state index contributed by atoms with van der Waals surface area (Å²) >= 11 is 1.46. The van der Waals surface area contributed by atoms with Crippen molar-refractivity contribution in [2.75, 3.05) is 0 Å². The van der Waals surface area contributed by atoms with Crippen LogP contribution in [0.2, 0.25) is 0 Å². The number of nitrogens with two attached hydrogens (primary N) is 1. The zero-order valence-corrected chi connectivity index (χ0v) is 10.0. The minimum Gasteiger partial charge on any atom is -0.337 e. The van der Waals surface area contributed by atoms with Crippen LogP contribution in [-0.4, -0.2) is 30.1 Å². The van der Waals surface area contributed by atoms with E-state index >= 15 is 0 Å². The van der Waals surface area contributed by atoms with Gasteiger partial charge in [0.05, 0.1) is 22.3 Å². The maximum absolute atomic E-state index is 5.45. The van der Waals surface area contributed by atoms with E-state index in [9.17, 15) is 0 Å². The molecule has 0 saturated heterocycles. The molecule has 3 rings (SSSR count). The molecule has 0 atom stereocenters. The van der Waals surface area contributed by atoms with E-state index in [1.54, 1.807) is 22.6 Å². The van der Waals surface area contributed by atoms with Crippen LogP contribution in [0.4, 0.5) is 0 Å². The van der Waals surface area contributed by atoms with Crippen LogP contribution in [0.15, 0.2) is 22.4 Å². The fraction of sp³-hybridized carbons (Fsp3) is 0.222. The van der Waals surface area contributed by atoms with Crippen LogP contribution in [-0.2, 0) is 13.1 Å². The van der Waals surface area contributed by atoms with Crippen molar-refractivity contribution in [3.63, 3.8) is 0 Å². The highest BCUT2D eigenvalue weighted by molar-refractivity contribution is 7.13. The minimum atomic E-state index is 0.357. The van der Waals surface area contributed by atoms with Crippen LogP contribution >= 0.6 is 11.3 Å². The third-order valence-corrected chi connectivity index (χ3v) is 2.98. The summed E-state index contributed by atoms with van der Waals surface area (Å²) in [7, 11) is 0. The number of rotatable bonds is 4. The van der Waals surface area contributed by atoms with E-state index in [0.717, 1.165) is 10.6 Å². The van der Waals surface area contributed by atoms with Gasteiger partial charge in [0, 0.05) is 12.7 Å². The number of thiazole rings is 1. The van der Waals surface area contributed by atoms with Crippen LogP contribution in [0.3, 0.4) is 0 Å². The standard InChI is InChI=1S/C9H9N7OS/c10-1-6-3-16(15-13-6)4-8-12-9(14-17-8)7-2-11-5-18-7/h2-3,5H,1,4,10H2. The molecule has 2 N–H and O–H groups in total. The topological polar surface area (TPSA) is 109 Å². The van der Waals surface area contributed by atoms with Gasteiger partial charge >= 0.3 is 0 Å². The third-order valence-electron chi connectivity index (χ3n) is 2.21. The van der Waals surface area contributed by atoms with Gasteiger partial charge in [0.1, 0.15) is 6.54 Å². The SMILES string of the molecule is NCc1cn(Cc2nc(-c3cncs3)no2)nn1. The largest absolute Gasteiger partial charge is 0.337 e. The van der Waals surface area contributed by atoms with Crippen molar-refractivity contribution in [2.24, 2.45) is 5.73 Å². The van der Waals surface area contributed by atoms with Gasteiger partial charge in [-0.25, -0.2) is 4.68 Å². The molecular formula is C9H9N7OS. The Labute approximate surface area is 105 Å². The fourth-order valence-electron chi connectivity index (χ4n) is 1.39. The van der Waals surface area contributed by atoms with Crippen LogP contribution in [0.25, 0.3) is 10.7 Å². The molecule has 0 aromatic carbocycles. The summed E-state index contributed by atoms with van der Waals surface area (Å²) in [4.78, 5) is 9.08. The number of hydrogen-bond donors (Lipinski definition) is 1. The average Bonchev–Trinajstić information content (AvgIpc) is 3.10. The lowest BCUT2D eigenvalue weighted by atomic mass is 10.5. The molecule has 0 unspecified atom stereocenters. The predicted molar refractivity (Wildman–Crippen MR) is 62.4 cm³/mol. The van der Waals surface area contributed by atoms with Crippen LogP contribution in [0.1, 0.15) is 11.6 Å².